The molecule has 0 aliphatic heterocycles. The van der Waals surface area contributed by atoms with Gasteiger partial charge in [0.25, 0.3) is 0 Å². The fourth-order valence-electron chi connectivity index (χ4n) is 3.00. The predicted molar refractivity (Wildman–Crippen MR) is 136 cm³/mol. The lowest BCUT2D eigenvalue weighted by atomic mass is 10.0. The molecule has 4 unspecified atom stereocenters. The normalized spacial score (nSPS) is 14.1. The number of carbonyl (C=O) groups is 5. The summed E-state index contributed by atoms with van der Waals surface area (Å²) in [6.45, 7) is 3.56. The van der Waals surface area contributed by atoms with Crippen molar-refractivity contribution in [3.05, 3.63) is 0 Å². The molecule has 0 saturated heterocycles. The van der Waals surface area contributed by atoms with E-state index in [-0.39, 0.29) is 44.1 Å². The van der Waals surface area contributed by atoms with Crippen LogP contribution in [-0.4, -0.2) is 88.6 Å². The van der Waals surface area contributed by atoms with Gasteiger partial charge in [0.15, 0.2) is 5.96 Å². The van der Waals surface area contributed by atoms with E-state index < -0.39 is 53.8 Å². The lowest BCUT2D eigenvalue weighted by molar-refractivity contribution is -0.142. The second kappa shape index (κ2) is 17.4. The van der Waals surface area contributed by atoms with E-state index in [1.54, 1.807) is 13.8 Å². The highest BCUT2D eigenvalue weighted by atomic mass is 32.2. The van der Waals surface area contributed by atoms with Crippen LogP contribution in [0.2, 0.25) is 0 Å². The summed E-state index contributed by atoms with van der Waals surface area (Å²) < 4.78 is 0. The quantitative estimate of drug-likeness (QED) is 0.0553. The van der Waals surface area contributed by atoms with Crippen LogP contribution in [0.1, 0.15) is 46.0 Å². The highest BCUT2D eigenvalue weighted by molar-refractivity contribution is 7.98. The number of carboxylic acids is 2. The Morgan fingerprint density at radius 3 is 2.00 bits per heavy atom. The summed E-state index contributed by atoms with van der Waals surface area (Å²) in [7, 11) is 0. The first-order valence-corrected chi connectivity index (χ1v) is 12.8. The van der Waals surface area contributed by atoms with E-state index in [0.717, 1.165) is 0 Å². The molecular formula is C21H39N7O7S. The molecule has 0 rings (SSSR count). The number of thioether (sulfide) groups is 1. The van der Waals surface area contributed by atoms with Gasteiger partial charge in [-0.25, -0.2) is 4.79 Å². The largest absolute Gasteiger partial charge is 0.481 e. The maximum atomic E-state index is 13.0. The van der Waals surface area contributed by atoms with Gasteiger partial charge in [-0.2, -0.15) is 11.8 Å². The minimum Gasteiger partial charge on any atom is -0.481 e. The zero-order chi connectivity index (χ0) is 27.8. The van der Waals surface area contributed by atoms with Gasteiger partial charge in [-0.3, -0.25) is 24.2 Å². The molecule has 0 aliphatic carbocycles. The minimum absolute atomic E-state index is 0.0694. The number of nitrogens with two attached hydrogens (primary N) is 3. The molecule has 0 saturated carbocycles. The maximum absolute atomic E-state index is 13.0. The first-order chi connectivity index (χ1) is 16.8. The average Bonchev–Trinajstić information content (AvgIpc) is 2.79. The van der Waals surface area contributed by atoms with Gasteiger partial charge in [-0.05, 0) is 43.6 Å². The van der Waals surface area contributed by atoms with Gasteiger partial charge < -0.3 is 43.4 Å². The van der Waals surface area contributed by atoms with Crippen molar-refractivity contribution < 1.29 is 34.2 Å². The third-order valence-corrected chi connectivity index (χ3v) is 5.70. The standard InChI is InChI=1S/C21H39N7O7S/c1-11(2)16(28-17(31)12(22)6-7-15(29)30)19(33)26-13(8-10-36-3)18(32)27-14(20(34)35)5-4-9-25-21(23)24/h11-14,16H,4-10,22H2,1-3H3,(H,26,33)(H,27,32)(H,28,31)(H,29,30)(H,34,35)(H4,23,24,25). The summed E-state index contributed by atoms with van der Waals surface area (Å²) in [5.74, 6) is -4.38. The van der Waals surface area contributed by atoms with Crippen LogP contribution in [-0.2, 0) is 24.0 Å². The van der Waals surface area contributed by atoms with Gasteiger partial charge in [0.2, 0.25) is 17.7 Å². The molecule has 0 bridgehead atoms. The molecule has 0 aromatic carbocycles. The van der Waals surface area contributed by atoms with Gasteiger partial charge in [0, 0.05) is 13.0 Å². The van der Waals surface area contributed by atoms with E-state index >= 15 is 0 Å². The fraction of sp³-hybridized carbons (Fsp3) is 0.714. The van der Waals surface area contributed by atoms with Crippen molar-refractivity contribution >= 4 is 47.4 Å². The van der Waals surface area contributed by atoms with E-state index in [9.17, 15) is 29.1 Å². The van der Waals surface area contributed by atoms with Crippen molar-refractivity contribution in [1.29, 1.82) is 0 Å². The summed E-state index contributed by atoms with van der Waals surface area (Å²) in [5, 5.41) is 25.8. The summed E-state index contributed by atoms with van der Waals surface area (Å²) in [4.78, 5) is 64.3. The molecule has 0 heterocycles. The highest BCUT2D eigenvalue weighted by Crippen LogP contribution is 2.08. The number of hydrogen-bond donors (Lipinski definition) is 8. The van der Waals surface area contributed by atoms with Crippen LogP contribution in [0.15, 0.2) is 4.99 Å². The van der Waals surface area contributed by atoms with Crippen LogP contribution >= 0.6 is 11.8 Å². The number of carbonyl (C=O) groups excluding carboxylic acids is 3. The zero-order valence-electron chi connectivity index (χ0n) is 20.9. The number of rotatable bonds is 18. The second-order valence-electron chi connectivity index (χ2n) is 8.46. The van der Waals surface area contributed by atoms with Crippen LogP contribution in [0.4, 0.5) is 0 Å². The zero-order valence-corrected chi connectivity index (χ0v) is 21.7. The van der Waals surface area contributed by atoms with Gasteiger partial charge in [0.1, 0.15) is 18.1 Å². The molecule has 15 heteroatoms. The van der Waals surface area contributed by atoms with E-state index in [0.29, 0.717) is 12.2 Å². The van der Waals surface area contributed by atoms with Crippen molar-refractivity contribution in [2.75, 3.05) is 18.6 Å². The minimum atomic E-state index is -1.24. The number of hydrogen-bond acceptors (Lipinski definition) is 8. The van der Waals surface area contributed by atoms with E-state index in [1.165, 1.54) is 11.8 Å². The monoisotopic (exact) mass is 533 g/mol. The number of nitrogens with one attached hydrogen (secondary N) is 3. The van der Waals surface area contributed by atoms with Crippen molar-refractivity contribution in [2.45, 2.75) is 70.1 Å². The van der Waals surface area contributed by atoms with Crippen LogP contribution in [0.25, 0.3) is 0 Å². The lowest BCUT2D eigenvalue weighted by Gasteiger charge is -2.27. The molecule has 0 spiro atoms. The summed E-state index contributed by atoms with van der Waals surface area (Å²) in [5.41, 5.74) is 16.2. The number of guanidine groups is 1. The molecule has 14 nitrogen and oxygen atoms in total. The molecule has 3 amide bonds. The van der Waals surface area contributed by atoms with Crippen molar-refractivity contribution in [2.24, 2.45) is 28.1 Å². The van der Waals surface area contributed by atoms with E-state index in [1.807, 2.05) is 6.26 Å². The van der Waals surface area contributed by atoms with E-state index in [4.69, 9.17) is 22.3 Å². The summed E-state index contributed by atoms with van der Waals surface area (Å²) in [6.07, 6.45) is 2.00. The smallest absolute Gasteiger partial charge is 0.326 e. The molecule has 0 radical (unpaired) electrons. The molecule has 206 valence electrons. The van der Waals surface area contributed by atoms with Crippen molar-refractivity contribution in [3.63, 3.8) is 0 Å². The van der Waals surface area contributed by atoms with Gasteiger partial charge >= 0.3 is 11.9 Å². The molecule has 0 aromatic rings. The number of aliphatic imine (C=N–C) groups is 1. The maximum Gasteiger partial charge on any atom is 0.326 e. The van der Waals surface area contributed by atoms with E-state index in [2.05, 4.69) is 20.9 Å². The summed E-state index contributed by atoms with van der Waals surface area (Å²) in [6, 6.07) is -4.44. The second-order valence-corrected chi connectivity index (χ2v) is 9.45. The highest BCUT2D eigenvalue weighted by Gasteiger charge is 2.31. The van der Waals surface area contributed by atoms with Gasteiger partial charge in [-0.1, -0.05) is 13.8 Å². The van der Waals surface area contributed by atoms with Crippen molar-refractivity contribution in [1.82, 2.24) is 16.0 Å². The Labute approximate surface area is 214 Å². The van der Waals surface area contributed by atoms with Crippen LogP contribution in [0.3, 0.4) is 0 Å². The first kappa shape index (κ1) is 32.9. The molecule has 4 atom stereocenters. The van der Waals surface area contributed by atoms with Crippen LogP contribution in [0, 0.1) is 5.92 Å². The van der Waals surface area contributed by atoms with Crippen LogP contribution in [0.5, 0.6) is 0 Å². The Morgan fingerprint density at radius 2 is 1.50 bits per heavy atom. The third kappa shape index (κ3) is 13.7. The van der Waals surface area contributed by atoms with Gasteiger partial charge in [-0.15, -0.1) is 0 Å². The average molecular weight is 534 g/mol. The fourth-order valence-corrected chi connectivity index (χ4v) is 3.48. The molecule has 11 N–H and O–H groups in total. The topological polar surface area (TPSA) is 252 Å². The molecule has 36 heavy (non-hydrogen) atoms. The predicted octanol–water partition coefficient (Wildman–Crippen LogP) is -1.82. The Kier molecular flexibility index (Phi) is 15.9. The third-order valence-electron chi connectivity index (χ3n) is 5.06. The Bertz CT molecular complexity index is 791. The number of amides is 3. The van der Waals surface area contributed by atoms with Crippen LogP contribution < -0.4 is 33.2 Å². The molecule has 0 aliphatic rings. The van der Waals surface area contributed by atoms with Gasteiger partial charge in [0.05, 0.1) is 6.04 Å². The van der Waals surface area contributed by atoms with Crippen molar-refractivity contribution in [3.8, 4) is 0 Å². The summed E-state index contributed by atoms with van der Waals surface area (Å²) >= 11 is 1.44. The Morgan fingerprint density at radius 1 is 0.889 bits per heavy atom. The molecule has 0 fully saturated rings. The Balaban J connectivity index is 5.34. The number of carboxylic acid groups (broad SMARTS) is 2. The Hall–Kier alpha value is -3.07. The SMILES string of the molecule is CSCCC(NC(=O)C(NC(=O)C(N)CCC(=O)O)C(C)C)C(=O)NC(CCCN=C(N)N)C(=O)O. The lowest BCUT2D eigenvalue weighted by Crippen LogP contribution is -2.58. The molecule has 0 aromatic heterocycles. The molecular weight excluding hydrogens is 494 g/mol. The number of nitrogens with zero attached hydrogens (tertiary/aromatic N) is 1. The number of aliphatic carboxylic acids is 2. The first-order valence-electron chi connectivity index (χ1n) is 11.5.